The number of nitrogens with zero attached hydrogens (tertiary/aromatic N) is 1. The van der Waals surface area contributed by atoms with Crippen LogP contribution >= 0.6 is 27.5 Å². The molecule has 0 aliphatic heterocycles. The quantitative estimate of drug-likeness (QED) is 0.866. The molecule has 3 nitrogen and oxygen atoms in total. The molecule has 0 radical (unpaired) electrons. The van der Waals surface area contributed by atoms with E-state index in [1.807, 2.05) is 30.3 Å². The first-order valence-corrected chi connectivity index (χ1v) is 7.07. The van der Waals surface area contributed by atoms with Gasteiger partial charge in [-0.2, -0.15) is 0 Å². The molecule has 2 rings (SSSR count). The van der Waals surface area contributed by atoms with E-state index in [9.17, 15) is 4.79 Å². The Labute approximate surface area is 125 Å². The van der Waals surface area contributed by atoms with E-state index >= 15 is 0 Å². The summed E-state index contributed by atoms with van der Waals surface area (Å²) in [6, 6.07) is 12.9. The van der Waals surface area contributed by atoms with E-state index in [2.05, 4.69) is 26.2 Å². The van der Waals surface area contributed by atoms with Crippen molar-refractivity contribution in [2.75, 3.05) is 5.88 Å². The Morgan fingerprint density at radius 3 is 2.63 bits per heavy atom. The number of nitrogens with one attached hydrogen (secondary N) is 1. The highest BCUT2D eigenvalue weighted by Crippen LogP contribution is 2.17. The number of aromatic nitrogens is 1. The van der Waals surface area contributed by atoms with Crippen molar-refractivity contribution in [3.05, 3.63) is 64.4 Å². The molecule has 0 spiro atoms. The van der Waals surface area contributed by atoms with Gasteiger partial charge in [-0.15, -0.1) is 11.6 Å². The molecule has 1 heterocycles. The van der Waals surface area contributed by atoms with Gasteiger partial charge >= 0.3 is 0 Å². The van der Waals surface area contributed by atoms with Gasteiger partial charge in [-0.05, 0) is 33.6 Å². The lowest BCUT2D eigenvalue weighted by atomic mass is 10.1. The van der Waals surface area contributed by atoms with Crippen LogP contribution < -0.4 is 5.32 Å². The van der Waals surface area contributed by atoms with Crippen LogP contribution in [0.5, 0.6) is 0 Å². The fourth-order valence-corrected chi connectivity index (χ4v) is 2.37. The molecule has 1 N–H and O–H groups in total. The lowest BCUT2D eigenvalue weighted by Gasteiger charge is -2.16. The monoisotopic (exact) mass is 338 g/mol. The zero-order valence-electron chi connectivity index (χ0n) is 10.0. The number of hydrogen-bond acceptors (Lipinski definition) is 2. The molecule has 1 aromatic carbocycles. The summed E-state index contributed by atoms with van der Waals surface area (Å²) >= 11 is 9.24. The number of carbonyl (C=O) groups excluding carboxylic acids is 1. The van der Waals surface area contributed by atoms with Crippen LogP contribution in [0.2, 0.25) is 0 Å². The van der Waals surface area contributed by atoms with E-state index in [-0.39, 0.29) is 11.9 Å². The number of rotatable bonds is 4. The second-order valence-electron chi connectivity index (χ2n) is 3.92. The molecule has 0 bridgehead atoms. The van der Waals surface area contributed by atoms with Crippen molar-refractivity contribution in [1.82, 2.24) is 10.3 Å². The summed E-state index contributed by atoms with van der Waals surface area (Å²) in [7, 11) is 0. The maximum Gasteiger partial charge on any atom is 0.271 e. The molecule has 0 saturated heterocycles. The zero-order chi connectivity index (χ0) is 13.7. The summed E-state index contributed by atoms with van der Waals surface area (Å²) in [5, 5.41) is 2.88. The minimum Gasteiger partial charge on any atom is -0.343 e. The summed E-state index contributed by atoms with van der Waals surface area (Å²) in [6.07, 6.45) is 1.58. The third-order valence-electron chi connectivity index (χ3n) is 2.64. The summed E-state index contributed by atoms with van der Waals surface area (Å²) in [5.74, 6) is 0.0576. The van der Waals surface area contributed by atoms with E-state index in [1.54, 1.807) is 18.3 Å². The van der Waals surface area contributed by atoms with Crippen LogP contribution in [0, 0.1) is 0 Å². The standard InChI is InChI=1S/C14H12BrClN2O/c15-11-7-4-8-17-13(11)14(19)18-12(9-16)10-5-2-1-3-6-10/h1-8,12H,9H2,(H,18,19). The van der Waals surface area contributed by atoms with Gasteiger partial charge < -0.3 is 5.32 Å². The predicted molar refractivity (Wildman–Crippen MR) is 79.3 cm³/mol. The molecule has 1 amide bonds. The smallest absolute Gasteiger partial charge is 0.271 e. The molecule has 1 atom stereocenters. The van der Waals surface area contributed by atoms with Crippen molar-refractivity contribution in [1.29, 1.82) is 0 Å². The van der Waals surface area contributed by atoms with Gasteiger partial charge in [0.1, 0.15) is 5.69 Å². The van der Waals surface area contributed by atoms with Gasteiger partial charge in [0.2, 0.25) is 0 Å². The van der Waals surface area contributed by atoms with Crippen LogP contribution in [0.1, 0.15) is 22.1 Å². The topological polar surface area (TPSA) is 42.0 Å². The van der Waals surface area contributed by atoms with Crippen LogP contribution in [-0.4, -0.2) is 16.8 Å². The fourth-order valence-electron chi connectivity index (χ4n) is 1.68. The van der Waals surface area contributed by atoms with Gasteiger partial charge in [0.15, 0.2) is 0 Å². The Bertz CT molecular complexity index is 562. The second-order valence-corrected chi connectivity index (χ2v) is 5.09. The van der Waals surface area contributed by atoms with Gasteiger partial charge in [0, 0.05) is 16.5 Å². The van der Waals surface area contributed by atoms with Crippen LogP contribution in [0.3, 0.4) is 0 Å². The Kier molecular flexibility index (Phi) is 4.93. The molecule has 19 heavy (non-hydrogen) atoms. The third-order valence-corrected chi connectivity index (χ3v) is 3.58. The van der Waals surface area contributed by atoms with Crippen molar-refractivity contribution in [3.63, 3.8) is 0 Å². The van der Waals surface area contributed by atoms with Crippen molar-refractivity contribution in [2.45, 2.75) is 6.04 Å². The van der Waals surface area contributed by atoms with Crippen molar-refractivity contribution < 1.29 is 4.79 Å². The fraction of sp³-hybridized carbons (Fsp3) is 0.143. The maximum atomic E-state index is 12.1. The molecule has 0 aliphatic rings. The number of halogens is 2. The lowest BCUT2D eigenvalue weighted by molar-refractivity contribution is 0.0934. The second kappa shape index (κ2) is 6.68. The SMILES string of the molecule is O=C(NC(CCl)c1ccccc1)c1ncccc1Br. The summed E-state index contributed by atoms with van der Waals surface area (Å²) < 4.78 is 0.661. The minimum atomic E-state index is -0.248. The summed E-state index contributed by atoms with van der Waals surface area (Å²) in [6.45, 7) is 0. The normalized spacial score (nSPS) is 11.9. The van der Waals surface area contributed by atoms with Crippen molar-refractivity contribution in [2.24, 2.45) is 0 Å². The molecule has 2 aromatic rings. The average Bonchev–Trinajstić information content (AvgIpc) is 2.46. The summed E-state index contributed by atoms with van der Waals surface area (Å²) in [5.41, 5.74) is 1.33. The maximum absolute atomic E-state index is 12.1. The predicted octanol–water partition coefficient (Wildman–Crippen LogP) is 3.55. The molecular weight excluding hydrogens is 328 g/mol. The number of benzene rings is 1. The number of alkyl halides is 1. The molecule has 0 saturated carbocycles. The third kappa shape index (κ3) is 3.55. The summed E-state index contributed by atoms with van der Waals surface area (Å²) in [4.78, 5) is 16.2. The first-order chi connectivity index (χ1) is 9.22. The highest BCUT2D eigenvalue weighted by atomic mass is 79.9. The molecule has 5 heteroatoms. The Morgan fingerprint density at radius 1 is 1.26 bits per heavy atom. The van der Waals surface area contributed by atoms with Crippen LogP contribution in [-0.2, 0) is 0 Å². The Hall–Kier alpha value is -1.39. The van der Waals surface area contributed by atoms with Gasteiger partial charge in [-0.3, -0.25) is 4.79 Å². The van der Waals surface area contributed by atoms with E-state index < -0.39 is 0 Å². The Morgan fingerprint density at radius 2 is 2.00 bits per heavy atom. The first kappa shape index (κ1) is 14.0. The zero-order valence-corrected chi connectivity index (χ0v) is 12.4. The number of hydrogen-bond donors (Lipinski definition) is 1. The average molecular weight is 340 g/mol. The molecule has 1 unspecified atom stereocenters. The highest BCUT2D eigenvalue weighted by molar-refractivity contribution is 9.10. The highest BCUT2D eigenvalue weighted by Gasteiger charge is 2.17. The largest absolute Gasteiger partial charge is 0.343 e. The van der Waals surface area contributed by atoms with Gasteiger partial charge in [0.25, 0.3) is 5.91 Å². The molecule has 98 valence electrons. The van der Waals surface area contributed by atoms with Crippen molar-refractivity contribution >= 4 is 33.4 Å². The molecule has 0 fully saturated rings. The molecular formula is C14H12BrClN2O. The molecule has 0 aliphatic carbocycles. The first-order valence-electron chi connectivity index (χ1n) is 5.74. The van der Waals surface area contributed by atoms with E-state index in [0.717, 1.165) is 5.56 Å². The number of pyridine rings is 1. The van der Waals surface area contributed by atoms with Crippen molar-refractivity contribution in [3.8, 4) is 0 Å². The van der Waals surface area contributed by atoms with E-state index in [0.29, 0.717) is 16.0 Å². The Balaban J connectivity index is 2.16. The van der Waals surface area contributed by atoms with Gasteiger partial charge in [-0.1, -0.05) is 30.3 Å². The number of carbonyl (C=O) groups is 1. The van der Waals surface area contributed by atoms with E-state index in [1.165, 1.54) is 0 Å². The molecule has 1 aromatic heterocycles. The van der Waals surface area contributed by atoms with Crippen LogP contribution in [0.4, 0.5) is 0 Å². The van der Waals surface area contributed by atoms with Crippen LogP contribution in [0.15, 0.2) is 53.1 Å². The number of amides is 1. The van der Waals surface area contributed by atoms with Crippen LogP contribution in [0.25, 0.3) is 0 Å². The van der Waals surface area contributed by atoms with Gasteiger partial charge in [0.05, 0.1) is 6.04 Å². The minimum absolute atomic E-state index is 0.232. The van der Waals surface area contributed by atoms with E-state index in [4.69, 9.17) is 11.6 Å². The lowest BCUT2D eigenvalue weighted by Crippen LogP contribution is -2.30. The van der Waals surface area contributed by atoms with Gasteiger partial charge in [-0.25, -0.2) is 4.98 Å².